The molecule has 0 saturated carbocycles. The van der Waals surface area contributed by atoms with Crippen LogP contribution in [0.1, 0.15) is 31.2 Å². The number of hydrogen-bond donors (Lipinski definition) is 3. The van der Waals surface area contributed by atoms with Gasteiger partial charge in [0.05, 0.1) is 26.4 Å². The Morgan fingerprint density at radius 2 is 1.56 bits per heavy atom. The van der Waals surface area contributed by atoms with Gasteiger partial charge in [-0.1, -0.05) is 44.2 Å². The molecule has 27 heavy (non-hydrogen) atoms. The summed E-state index contributed by atoms with van der Waals surface area (Å²) in [5.41, 5.74) is 6.53. The maximum absolute atomic E-state index is 5.50. The molecule has 0 aliphatic carbocycles. The van der Waals surface area contributed by atoms with Gasteiger partial charge >= 0.3 is 0 Å². The van der Waals surface area contributed by atoms with E-state index in [-0.39, 0.29) is 5.92 Å². The molecular formula is C19H30N6O2. The van der Waals surface area contributed by atoms with Crippen LogP contribution in [0.4, 0.5) is 11.9 Å². The van der Waals surface area contributed by atoms with Crippen LogP contribution >= 0.6 is 0 Å². The molecule has 0 fully saturated rings. The summed E-state index contributed by atoms with van der Waals surface area (Å²) in [4.78, 5) is 13.4. The van der Waals surface area contributed by atoms with Crippen LogP contribution in [0.5, 0.6) is 0 Å². The van der Waals surface area contributed by atoms with Crippen molar-refractivity contribution in [3.63, 3.8) is 0 Å². The average molecular weight is 374 g/mol. The van der Waals surface area contributed by atoms with Crippen molar-refractivity contribution in [3.05, 3.63) is 41.7 Å². The standard InChI is InChI=1S/C19H30N6O2/c1-15(2)17-23-18(21-9-11-27-13-12-26-10-8-20)25-19(24-17)22-14-16-6-4-3-5-7-16/h3-7,15H,8-14,20H2,1-2H3,(H2,21,22,23,24,25). The van der Waals surface area contributed by atoms with E-state index in [0.717, 1.165) is 5.82 Å². The van der Waals surface area contributed by atoms with E-state index >= 15 is 0 Å². The lowest BCUT2D eigenvalue weighted by atomic mass is 10.2. The Labute approximate surface area is 160 Å². The molecule has 0 aliphatic heterocycles. The molecule has 0 unspecified atom stereocenters. The van der Waals surface area contributed by atoms with Gasteiger partial charge in [0.25, 0.3) is 0 Å². The van der Waals surface area contributed by atoms with Crippen molar-refractivity contribution >= 4 is 11.9 Å². The summed E-state index contributed by atoms with van der Waals surface area (Å²) in [6, 6.07) is 10.1. The van der Waals surface area contributed by atoms with Gasteiger partial charge in [-0.15, -0.1) is 0 Å². The number of benzene rings is 1. The molecule has 0 bridgehead atoms. The molecule has 1 heterocycles. The van der Waals surface area contributed by atoms with Gasteiger partial charge in [-0.3, -0.25) is 0 Å². The number of nitrogens with zero attached hydrogens (tertiary/aromatic N) is 3. The maximum atomic E-state index is 5.50. The van der Waals surface area contributed by atoms with Crippen molar-refractivity contribution in [2.75, 3.05) is 50.2 Å². The fraction of sp³-hybridized carbons (Fsp3) is 0.526. The highest BCUT2D eigenvalue weighted by Gasteiger charge is 2.09. The van der Waals surface area contributed by atoms with Crippen molar-refractivity contribution < 1.29 is 9.47 Å². The third-order valence-electron chi connectivity index (χ3n) is 3.63. The minimum absolute atomic E-state index is 0.210. The van der Waals surface area contributed by atoms with E-state index in [0.29, 0.717) is 58.0 Å². The number of nitrogens with one attached hydrogen (secondary N) is 2. The van der Waals surface area contributed by atoms with Crippen LogP contribution in [0.3, 0.4) is 0 Å². The molecule has 0 atom stereocenters. The quantitative estimate of drug-likeness (QED) is 0.457. The fourth-order valence-electron chi connectivity index (χ4n) is 2.23. The molecule has 0 saturated heterocycles. The van der Waals surface area contributed by atoms with Crippen LogP contribution < -0.4 is 16.4 Å². The lowest BCUT2D eigenvalue weighted by Gasteiger charge is -2.12. The fourth-order valence-corrected chi connectivity index (χ4v) is 2.23. The summed E-state index contributed by atoms with van der Waals surface area (Å²) in [5, 5.41) is 6.46. The van der Waals surface area contributed by atoms with Crippen molar-refractivity contribution in [2.24, 2.45) is 5.73 Å². The van der Waals surface area contributed by atoms with Gasteiger partial charge in [0.15, 0.2) is 0 Å². The summed E-state index contributed by atoms with van der Waals surface area (Å²) in [6.45, 7) is 8.11. The second kappa shape index (κ2) is 12.2. The number of rotatable bonds is 13. The Morgan fingerprint density at radius 1 is 0.889 bits per heavy atom. The minimum Gasteiger partial charge on any atom is -0.378 e. The summed E-state index contributed by atoms with van der Waals surface area (Å²) in [7, 11) is 0. The lowest BCUT2D eigenvalue weighted by Crippen LogP contribution is -2.17. The average Bonchev–Trinajstić information content (AvgIpc) is 2.69. The highest BCUT2D eigenvalue weighted by Crippen LogP contribution is 2.14. The van der Waals surface area contributed by atoms with Gasteiger partial charge < -0.3 is 25.8 Å². The predicted molar refractivity (Wildman–Crippen MR) is 107 cm³/mol. The largest absolute Gasteiger partial charge is 0.378 e. The number of ether oxygens (including phenoxy) is 2. The Balaban J connectivity index is 1.83. The zero-order valence-corrected chi connectivity index (χ0v) is 16.1. The molecular weight excluding hydrogens is 344 g/mol. The molecule has 1 aromatic carbocycles. The van der Waals surface area contributed by atoms with Crippen LogP contribution in [0.25, 0.3) is 0 Å². The molecule has 8 nitrogen and oxygen atoms in total. The molecule has 2 rings (SSSR count). The second-order valence-electron chi connectivity index (χ2n) is 6.27. The normalized spacial score (nSPS) is 11.0. The molecule has 8 heteroatoms. The zero-order chi connectivity index (χ0) is 19.3. The third-order valence-corrected chi connectivity index (χ3v) is 3.63. The van der Waals surface area contributed by atoms with E-state index in [1.807, 2.05) is 18.2 Å². The predicted octanol–water partition coefficient (Wildman–Crippen LogP) is 2.01. The monoisotopic (exact) mass is 374 g/mol. The first kappa shape index (κ1) is 21.0. The summed E-state index contributed by atoms with van der Waals surface area (Å²) >= 11 is 0. The highest BCUT2D eigenvalue weighted by molar-refractivity contribution is 5.36. The van der Waals surface area contributed by atoms with E-state index in [9.17, 15) is 0 Å². The first-order valence-corrected chi connectivity index (χ1v) is 9.32. The summed E-state index contributed by atoms with van der Waals surface area (Å²) in [5.74, 6) is 2.07. The number of aromatic nitrogens is 3. The first-order chi connectivity index (χ1) is 13.2. The van der Waals surface area contributed by atoms with Crippen LogP contribution in [0, 0.1) is 0 Å². The van der Waals surface area contributed by atoms with Crippen LogP contribution in [-0.2, 0) is 16.0 Å². The molecule has 0 radical (unpaired) electrons. The van der Waals surface area contributed by atoms with Gasteiger partial charge in [-0.25, -0.2) is 0 Å². The van der Waals surface area contributed by atoms with Crippen molar-refractivity contribution in [2.45, 2.75) is 26.3 Å². The molecule has 148 valence electrons. The third kappa shape index (κ3) is 8.29. The van der Waals surface area contributed by atoms with Gasteiger partial charge in [0.1, 0.15) is 5.82 Å². The number of anilines is 2. The molecule has 0 spiro atoms. The Bertz CT molecular complexity index is 654. The topological polar surface area (TPSA) is 107 Å². The highest BCUT2D eigenvalue weighted by atomic mass is 16.5. The second-order valence-corrected chi connectivity index (χ2v) is 6.27. The van der Waals surface area contributed by atoms with Gasteiger partial charge in [0.2, 0.25) is 11.9 Å². The SMILES string of the molecule is CC(C)c1nc(NCCOCCOCCN)nc(NCc2ccccc2)n1. The van der Waals surface area contributed by atoms with E-state index in [1.54, 1.807) is 0 Å². The van der Waals surface area contributed by atoms with Crippen LogP contribution in [0.2, 0.25) is 0 Å². The van der Waals surface area contributed by atoms with Gasteiger partial charge in [-0.2, -0.15) is 15.0 Å². The van der Waals surface area contributed by atoms with Crippen LogP contribution in [0.15, 0.2) is 30.3 Å². The van der Waals surface area contributed by atoms with Crippen molar-refractivity contribution in [3.8, 4) is 0 Å². The molecule has 2 aromatic rings. The van der Waals surface area contributed by atoms with E-state index in [4.69, 9.17) is 15.2 Å². The molecule has 4 N–H and O–H groups in total. The van der Waals surface area contributed by atoms with Crippen molar-refractivity contribution in [1.82, 2.24) is 15.0 Å². The Morgan fingerprint density at radius 3 is 2.22 bits per heavy atom. The lowest BCUT2D eigenvalue weighted by molar-refractivity contribution is 0.0547. The zero-order valence-electron chi connectivity index (χ0n) is 16.1. The van der Waals surface area contributed by atoms with E-state index in [2.05, 4.69) is 51.6 Å². The summed E-state index contributed by atoms with van der Waals surface area (Å²) in [6.07, 6.45) is 0. The Kier molecular flexibility index (Phi) is 9.47. The molecule has 1 aromatic heterocycles. The smallest absolute Gasteiger partial charge is 0.228 e. The number of hydrogen-bond acceptors (Lipinski definition) is 8. The summed E-state index contributed by atoms with van der Waals surface area (Å²) < 4.78 is 10.8. The van der Waals surface area contributed by atoms with Crippen LogP contribution in [-0.4, -0.2) is 54.5 Å². The van der Waals surface area contributed by atoms with Gasteiger partial charge in [-0.05, 0) is 5.56 Å². The Hall–Kier alpha value is -2.29. The van der Waals surface area contributed by atoms with Gasteiger partial charge in [0, 0.05) is 25.6 Å². The van der Waals surface area contributed by atoms with E-state index < -0.39 is 0 Å². The van der Waals surface area contributed by atoms with E-state index in [1.165, 1.54) is 5.56 Å². The minimum atomic E-state index is 0.210. The van der Waals surface area contributed by atoms with Crippen molar-refractivity contribution in [1.29, 1.82) is 0 Å². The maximum Gasteiger partial charge on any atom is 0.228 e. The molecule has 0 aliphatic rings. The number of nitrogens with two attached hydrogens (primary N) is 1. The molecule has 0 amide bonds. The first-order valence-electron chi connectivity index (χ1n) is 9.32.